The van der Waals surface area contributed by atoms with E-state index in [4.69, 9.17) is 28.4 Å². The van der Waals surface area contributed by atoms with E-state index in [-0.39, 0.29) is 29.9 Å². The number of carbonyl (C=O) groups excluding carboxylic acids is 2. The minimum Gasteiger partial charge on any atom is -0.493 e. The molecule has 0 saturated heterocycles. The number of hydrogen-bond donors (Lipinski definition) is 0. The lowest BCUT2D eigenvalue weighted by atomic mass is 9.96. The van der Waals surface area contributed by atoms with E-state index >= 15 is 0 Å². The Kier molecular flexibility index (Phi) is 14.0. The smallest absolute Gasteiger partial charge is 0.231 e. The van der Waals surface area contributed by atoms with E-state index in [1.54, 1.807) is 47.6 Å². The largest absolute Gasteiger partial charge is 0.493 e. The molecule has 10 heteroatoms. The van der Waals surface area contributed by atoms with Gasteiger partial charge in [-0.15, -0.1) is 0 Å². The highest BCUT2D eigenvalue weighted by Crippen LogP contribution is 2.35. The number of ether oxygens (including phenoxy) is 6. The van der Waals surface area contributed by atoms with E-state index in [1.807, 2.05) is 66.9 Å². The summed E-state index contributed by atoms with van der Waals surface area (Å²) in [5, 5.41) is 0. The number of allylic oxidation sites excluding steroid dienone is 2. The lowest BCUT2D eigenvalue weighted by molar-refractivity contribution is -0.127. The third-order valence-electron chi connectivity index (χ3n) is 9.93. The fraction of sp³-hybridized carbons (Fsp3) is 0.364. The molecule has 1 unspecified atom stereocenters. The molecule has 1 aliphatic carbocycles. The van der Waals surface area contributed by atoms with Crippen molar-refractivity contribution in [2.24, 2.45) is 5.92 Å². The average Bonchev–Trinajstić information content (AvgIpc) is 3.44. The number of ketones is 1. The molecule has 0 fully saturated rings. The zero-order chi connectivity index (χ0) is 38.6. The van der Waals surface area contributed by atoms with Crippen molar-refractivity contribution in [3.05, 3.63) is 107 Å². The monoisotopic (exact) mass is 736 g/mol. The Hall–Kier alpha value is -5.48. The number of carbonyl (C=O) groups is 2. The number of amides is 1. The number of methoxy groups -OCH3 is 6. The summed E-state index contributed by atoms with van der Waals surface area (Å²) in [5.74, 6) is 4.02. The zero-order valence-electron chi connectivity index (χ0n) is 32.4. The first-order valence-corrected chi connectivity index (χ1v) is 18.1. The predicted molar refractivity (Wildman–Crippen MR) is 212 cm³/mol. The summed E-state index contributed by atoms with van der Waals surface area (Å²) in [7, 11) is 9.69. The van der Waals surface area contributed by atoms with Crippen LogP contribution in [0.3, 0.4) is 0 Å². The maximum Gasteiger partial charge on any atom is 0.231 e. The number of rotatable bonds is 17. The topological polar surface area (TPSA) is 96.0 Å². The van der Waals surface area contributed by atoms with Gasteiger partial charge in [-0.1, -0.05) is 49.4 Å². The van der Waals surface area contributed by atoms with Crippen molar-refractivity contribution in [2.75, 3.05) is 68.8 Å². The van der Waals surface area contributed by atoms with Crippen molar-refractivity contribution in [1.82, 2.24) is 9.80 Å². The number of fused-ring (bicyclic) bond motifs is 2. The Labute approximate surface area is 319 Å². The maximum atomic E-state index is 13.3. The van der Waals surface area contributed by atoms with Crippen molar-refractivity contribution in [1.29, 1.82) is 0 Å². The first-order chi connectivity index (χ1) is 26.2. The third-order valence-corrected chi connectivity index (χ3v) is 9.93. The summed E-state index contributed by atoms with van der Waals surface area (Å²) < 4.78 is 32.9. The van der Waals surface area contributed by atoms with E-state index in [0.29, 0.717) is 67.0 Å². The van der Waals surface area contributed by atoms with Crippen LogP contribution in [0.2, 0.25) is 0 Å². The van der Waals surface area contributed by atoms with Crippen molar-refractivity contribution in [2.45, 2.75) is 32.1 Å². The molecule has 54 heavy (non-hydrogen) atoms. The Morgan fingerprint density at radius 1 is 0.685 bits per heavy atom. The second-order valence-corrected chi connectivity index (χ2v) is 13.4. The Bertz CT molecular complexity index is 1810. The van der Waals surface area contributed by atoms with Crippen LogP contribution in [0.25, 0.3) is 12.2 Å². The van der Waals surface area contributed by atoms with Crippen LogP contribution in [0.4, 0.5) is 0 Å². The summed E-state index contributed by atoms with van der Waals surface area (Å²) in [4.78, 5) is 30.6. The summed E-state index contributed by atoms with van der Waals surface area (Å²) in [6.07, 6.45) is 17.4. The molecule has 0 spiro atoms. The van der Waals surface area contributed by atoms with E-state index in [1.165, 1.54) is 0 Å². The maximum absolute atomic E-state index is 13.3. The molecule has 10 nitrogen and oxygen atoms in total. The lowest BCUT2D eigenvalue weighted by Crippen LogP contribution is -2.29. The van der Waals surface area contributed by atoms with E-state index in [0.717, 1.165) is 34.4 Å². The molecule has 0 N–H and O–H groups in total. The number of hydrogen-bond acceptors (Lipinski definition) is 9. The highest BCUT2D eigenvalue weighted by molar-refractivity contribution is 5.89. The van der Waals surface area contributed by atoms with Gasteiger partial charge in [0, 0.05) is 44.7 Å². The van der Waals surface area contributed by atoms with Crippen LogP contribution in [-0.2, 0) is 22.4 Å². The first kappa shape index (κ1) is 39.7. The van der Waals surface area contributed by atoms with Crippen LogP contribution < -0.4 is 28.4 Å². The molecule has 1 amide bonds. The molecule has 3 aromatic rings. The van der Waals surface area contributed by atoms with Gasteiger partial charge in [-0.3, -0.25) is 14.5 Å². The summed E-state index contributed by atoms with van der Waals surface area (Å²) >= 11 is 0. The third kappa shape index (κ3) is 9.73. The molecule has 3 aromatic carbocycles. The molecule has 286 valence electrons. The van der Waals surface area contributed by atoms with Crippen molar-refractivity contribution in [3.63, 3.8) is 0 Å². The van der Waals surface area contributed by atoms with Gasteiger partial charge in [0.1, 0.15) is 5.78 Å². The molecule has 0 bridgehead atoms. The predicted octanol–water partition coefficient (Wildman–Crippen LogP) is 7.16. The molecule has 0 saturated carbocycles. The highest BCUT2D eigenvalue weighted by atomic mass is 16.5. The van der Waals surface area contributed by atoms with Gasteiger partial charge in [0.15, 0.2) is 34.5 Å². The zero-order valence-corrected chi connectivity index (χ0v) is 32.4. The Morgan fingerprint density at radius 3 is 1.87 bits per heavy atom. The molecule has 0 aromatic heterocycles. The van der Waals surface area contributed by atoms with Crippen molar-refractivity contribution < 1.29 is 38.0 Å². The van der Waals surface area contributed by atoms with E-state index in [2.05, 4.69) is 36.1 Å². The molecule has 2 aliphatic rings. The van der Waals surface area contributed by atoms with Crippen molar-refractivity contribution in [3.8, 4) is 34.5 Å². The van der Waals surface area contributed by atoms with Crippen LogP contribution in [0, 0.1) is 5.92 Å². The fourth-order valence-electron chi connectivity index (χ4n) is 6.78. The van der Waals surface area contributed by atoms with Gasteiger partial charge < -0.3 is 33.3 Å². The van der Waals surface area contributed by atoms with Gasteiger partial charge >= 0.3 is 0 Å². The molecular formula is C44H52N2O8. The van der Waals surface area contributed by atoms with Gasteiger partial charge in [0.25, 0.3) is 0 Å². The van der Waals surface area contributed by atoms with Crippen LogP contribution in [-0.4, -0.2) is 90.3 Å². The van der Waals surface area contributed by atoms with Gasteiger partial charge in [-0.2, -0.15) is 0 Å². The van der Waals surface area contributed by atoms with E-state index in [9.17, 15) is 9.59 Å². The number of benzene rings is 3. The SMILES string of the molecule is COc1ccc([C@@H](C)CN(C/C=C\CC2C=Cc3cc(OC)c(OC)cc3CC2=O)C/C=C\CN2C=Cc3cc(OC)c(OC)cc3CC2=O)cc1OC. The first-order valence-electron chi connectivity index (χ1n) is 18.1. The number of nitrogens with zero attached hydrogens (tertiary/aromatic N) is 2. The lowest BCUT2D eigenvalue weighted by Gasteiger charge is -2.24. The highest BCUT2D eigenvalue weighted by Gasteiger charge is 2.22. The normalized spacial score (nSPS) is 15.9. The number of Topliss-reactive ketones (excluding diaryl/α,β-unsaturated/α-hetero) is 1. The Morgan fingerprint density at radius 2 is 1.24 bits per heavy atom. The summed E-state index contributed by atoms with van der Waals surface area (Å²) in [5.41, 5.74) is 4.87. The minimum absolute atomic E-state index is 0.00668. The molecule has 1 heterocycles. The van der Waals surface area contributed by atoms with Gasteiger partial charge in [-0.25, -0.2) is 0 Å². The van der Waals surface area contributed by atoms with Crippen molar-refractivity contribution >= 4 is 23.8 Å². The van der Waals surface area contributed by atoms with Crippen LogP contribution in [0.5, 0.6) is 34.5 Å². The standard InChI is InChI=1S/C44H52N2O8/c1-30(32-15-16-38(49-2)39(23-32)50-3)29-45(18-9-8-12-31-13-14-33-24-40(51-4)42(53-6)26-35(33)22-37(31)47)19-10-11-20-46-21-17-34-25-41(52-5)43(54-7)27-36(34)28-44(46)48/h8-11,13-17,21,23-27,30-31H,12,18-20,22,28-29H2,1-7H3/b9-8-,11-10-/t30-,31?/m0/s1. The van der Waals surface area contributed by atoms with Gasteiger partial charge in [0.2, 0.25) is 5.91 Å². The second kappa shape index (κ2) is 19.0. The minimum atomic E-state index is -0.225. The quantitative estimate of drug-likeness (QED) is 0.134. The molecule has 2 atom stereocenters. The van der Waals surface area contributed by atoms with Crippen LogP contribution >= 0.6 is 0 Å². The summed E-state index contributed by atoms with van der Waals surface area (Å²) in [6.45, 7) is 4.77. The molecular weight excluding hydrogens is 684 g/mol. The fourth-order valence-corrected chi connectivity index (χ4v) is 6.78. The molecule has 5 rings (SSSR count). The van der Waals surface area contributed by atoms with Crippen LogP contribution in [0.1, 0.15) is 47.1 Å². The molecule has 1 aliphatic heterocycles. The van der Waals surface area contributed by atoms with Crippen LogP contribution in [0.15, 0.2) is 79.0 Å². The second-order valence-electron chi connectivity index (χ2n) is 13.4. The summed E-state index contributed by atoms with van der Waals surface area (Å²) in [6, 6.07) is 13.6. The average molecular weight is 737 g/mol. The van der Waals surface area contributed by atoms with Gasteiger partial charge in [0.05, 0.1) is 49.1 Å². The van der Waals surface area contributed by atoms with E-state index < -0.39 is 0 Å². The Balaban J connectivity index is 1.25. The molecule has 0 radical (unpaired) electrons. The van der Waals surface area contributed by atoms with Gasteiger partial charge in [-0.05, 0) is 82.6 Å².